The molecule has 20 heavy (non-hydrogen) atoms. The number of hydrogen-bond donors (Lipinski definition) is 2. The Hall–Kier alpha value is -1.05. The van der Waals surface area contributed by atoms with E-state index < -0.39 is 0 Å². The van der Waals surface area contributed by atoms with Gasteiger partial charge in [-0.1, -0.05) is 12.5 Å². The van der Waals surface area contributed by atoms with E-state index in [4.69, 9.17) is 10.5 Å². The van der Waals surface area contributed by atoms with Crippen molar-refractivity contribution in [2.75, 3.05) is 13.2 Å². The Balaban J connectivity index is 0.00000200. The van der Waals surface area contributed by atoms with Gasteiger partial charge in [-0.25, -0.2) is 9.98 Å². The summed E-state index contributed by atoms with van der Waals surface area (Å²) in [4.78, 5) is 8.52. The van der Waals surface area contributed by atoms with Crippen molar-refractivity contribution in [1.29, 1.82) is 0 Å². The van der Waals surface area contributed by atoms with E-state index in [-0.39, 0.29) is 24.0 Å². The molecule has 0 aromatic carbocycles. The average molecular weight is 390 g/mol. The minimum absolute atomic E-state index is 0. The molecular weight excluding hydrogens is 367 g/mol. The summed E-state index contributed by atoms with van der Waals surface area (Å²) < 4.78 is 5.45. The normalized spacial score (nSPS) is 15.2. The Kier molecular flexibility index (Phi) is 7.64. The number of aliphatic imine (C=N–C) groups is 1. The van der Waals surface area contributed by atoms with Crippen LogP contribution in [0.2, 0.25) is 0 Å². The second kappa shape index (κ2) is 8.99. The summed E-state index contributed by atoms with van der Waals surface area (Å²) in [5.74, 6) is 1.91. The van der Waals surface area contributed by atoms with Gasteiger partial charge in [0.25, 0.3) is 0 Å². The van der Waals surface area contributed by atoms with Crippen molar-refractivity contribution in [1.82, 2.24) is 10.3 Å². The van der Waals surface area contributed by atoms with Crippen LogP contribution in [-0.4, -0.2) is 24.1 Å². The number of aromatic nitrogens is 1. The highest BCUT2D eigenvalue weighted by atomic mass is 127. The van der Waals surface area contributed by atoms with Crippen LogP contribution in [0, 0.1) is 5.92 Å². The monoisotopic (exact) mass is 390 g/mol. The molecule has 1 fully saturated rings. The van der Waals surface area contributed by atoms with Crippen LogP contribution in [0.3, 0.4) is 0 Å². The molecule has 1 aromatic heterocycles. The number of hydrogen-bond acceptors (Lipinski definition) is 3. The molecule has 0 saturated heterocycles. The van der Waals surface area contributed by atoms with Crippen LogP contribution < -0.4 is 15.8 Å². The molecule has 3 N–H and O–H groups in total. The van der Waals surface area contributed by atoms with E-state index in [2.05, 4.69) is 15.3 Å². The molecule has 2 rings (SSSR count). The second-order valence-electron chi connectivity index (χ2n) is 4.78. The highest BCUT2D eigenvalue weighted by Crippen LogP contribution is 2.25. The van der Waals surface area contributed by atoms with Gasteiger partial charge in [0.05, 0.1) is 13.2 Å². The van der Waals surface area contributed by atoms with Gasteiger partial charge in [0.15, 0.2) is 5.96 Å². The van der Waals surface area contributed by atoms with Gasteiger partial charge in [-0.05, 0) is 31.7 Å². The zero-order valence-corrected chi connectivity index (χ0v) is 14.2. The van der Waals surface area contributed by atoms with E-state index in [1.807, 2.05) is 19.1 Å². The highest BCUT2D eigenvalue weighted by Gasteiger charge is 2.16. The Labute approximate surface area is 137 Å². The predicted molar refractivity (Wildman–Crippen MR) is 91.5 cm³/mol. The lowest BCUT2D eigenvalue weighted by Crippen LogP contribution is -2.37. The highest BCUT2D eigenvalue weighted by molar-refractivity contribution is 14.0. The van der Waals surface area contributed by atoms with E-state index in [0.29, 0.717) is 25.0 Å². The quantitative estimate of drug-likeness (QED) is 0.444. The molecule has 0 aliphatic heterocycles. The summed E-state index contributed by atoms with van der Waals surface area (Å²) in [5, 5.41) is 3.17. The molecule has 1 aliphatic carbocycles. The summed E-state index contributed by atoms with van der Waals surface area (Å²) in [5.41, 5.74) is 6.81. The SMILES string of the molecule is CCOc1ncccc1CN=C(N)NCC1CCC1.I. The lowest BCUT2D eigenvalue weighted by Gasteiger charge is -2.25. The third-order valence-electron chi connectivity index (χ3n) is 3.35. The van der Waals surface area contributed by atoms with Crippen LogP contribution in [0.25, 0.3) is 0 Å². The molecular formula is C14H23IN4O. The maximum Gasteiger partial charge on any atom is 0.218 e. The Morgan fingerprint density at radius 2 is 2.35 bits per heavy atom. The molecule has 0 radical (unpaired) electrons. The number of rotatable bonds is 6. The lowest BCUT2D eigenvalue weighted by molar-refractivity contribution is 0.315. The van der Waals surface area contributed by atoms with Gasteiger partial charge in [-0.2, -0.15) is 0 Å². The van der Waals surface area contributed by atoms with Crippen molar-refractivity contribution in [2.45, 2.75) is 32.7 Å². The minimum atomic E-state index is 0. The first kappa shape index (κ1) is 17.0. The molecule has 0 atom stereocenters. The average Bonchev–Trinajstić information content (AvgIpc) is 2.36. The van der Waals surface area contributed by atoms with Gasteiger partial charge in [0.2, 0.25) is 5.88 Å². The molecule has 0 unspecified atom stereocenters. The first-order valence-corrected chi connectivity index (χ1v) is 6.90. The third-order valence-corrected chi connectivity index (χ3v) is 3.35. The summed E-state index contributed by atoms with van der Waals surface area (Å²) in [6.45, 7) is 3.97. The van der Waals surface area contributed by atoms with E-state index >= 15 is 0 Å². The van der Waals surface area contributed by atoms with Crippen LogP contribution >= 0.6 is 24.0 Å². The summed E-state index contributed by atoms with van der Waals surface area (Å²) in [7, 11) is 0. The smallest absolute Gasteiger partial charge is 0.218 e. The van der Waals surface area contributed by atoms with Gasteiger partial charge in [0, 0.05) is 18.3 Å². The van der Waals surface area contributed by atoms with Crippen molar-refractivity contribution in [3.05, 3.63) is 23.9 Å². The fourth-order valence-electron chi connectivity index (χ4n) is 1.98. The number of guanidine groups is 1. The Morgan fingerprint density at radius 1 is 1.55 bits per heavy atom. The van der Waals surface area contributed by atoms with E-state index in [9.17, 15) is 0 Å². The third kappa shape index (κ3) is 5.15. The van der Waals surface area contributed by atoms with Gasteiger partial charge in [-0.15, -0.1) is 24.0 Å². The van der Waals surface area contributed by atoms with Crippen molar-refractivity contribution in [3.8, 4) is 5.88 Å². The van der Waals surface area contributed by atoms with Crippen molar-refractivity contribution in [2.24, 2.45) is 16.6 Å². The molecule has 112 valence electrons. The molecule has 5 nitrogen and oxygen atoms in total. The summed E-state index contributed by atoms with van der Waals surface area (Å²) >= 11 is 0. The van der Waals surface area contributed by atoms with Gasteiger partial charge >= 0.3 is 0 Å². The number of nitrogens with two attached hydrogens (primary N) is 1. The van der Waals surface area contributed by atoms with Gasteiger partial charge < -0.3 is 15.8 Å². The first-order chi connectivity index (χ1) is 9.29. The van der Waals surface area contributed by atoms with E-state index in [1.54, 1.807) is 6.20 Å². The topological polar surface area (TPSA) is 72.5 Å². The Morgan fingerprint density at radius 3 is 3.00 bits per heavy atom. The fourth-order valence-corrected chi connectivity index (χ4v) is 1.98. The lowest BCUT2D eigenvalue weighted by atomic mass is 9.85. The zero-order chi connectivity index (χ0) is 13.5. The van der Waals surface area contributed by atoms with Crippen LogP contribution in [0.1, 0.15) is 31.7 Å². The number of ether oxygens (including phenoxy) is 1. The second-order valence-corrected chi connectivity index (χ2v) is 4.78. The van der Waals surface area contributed by atoms with Crippen LogP contribution in [0.15, 0.2) is 23.3 Å². The number of halogens is 1. The molecule has 0 amide bonds. The molecule has 6 heteroatoms. The molecule has 1 aromatic rings. The van der Waals surface area contributed by atoms with Crippen molar-refractivity contribution < 1.29 is 4.74 Å². The van der Waals surface area contributed by atoms with Crippen LogP contribution in [-0.2, 0) is 6.54 Å². The fraction of sp³-hybridized carbons (Fsp3) is 0.571. The van der Waals surface area contributed by atoms with E-state index in [1.165, 1.54) is 19.3 Å². The zero-order valence-electron chi connectivity index (χ0n) is 11.8. The summed E-state index contributed by atoms with van der Waals surface area (Å²) in [6, 6.07) is 3.84. The maximum atomic E-state index is 5.85. The molecule has 0 spiro atoms. The van der Waals surface area contributed by atoms with Gasteiger partial charge in [0.1, 0.15) is 0 Å². The standard InChI is InChI=1S/C14H22N4O.HI/c1-2-19-13-12(7-4-8-16-13)10-18-14(15)17-9-11-5-3-6-11;/h4,7-8,11H,2-3,5-6,9-10H2,1H3,(H3,15,17,18);1H. The number of nitrogens with one attached hydrogen (secondary N) is 1. The largest absolute Gasteiger partial charge is 0.478 e. The summed E-state index contributed by atoms with van der Waals surface area (Å²) in [6.07, 6.45) is 5.67. The van der Waals surface area contributed by atoms with Crippen molar-refractivity contribution in [3.63, 3.8) is 0 Å². The predicted octanol–water partition coefficient (Wildman–Crippen LogP) is 2.30. The maximum absolute atomic E-state index is 5.85. The number of pyridine rings is 1. The van der Waals surface area contributed by atoms with Gasteiger partial charge in [-0.3, -0.25) is 0 Å². The molecule has 1 heterocycles. The molecule has 1 saturated carbocycles. The number of nitrogens with zero attached hydrogens (tertiary/aromatic N) is 2. The molecule has 0 bridgehead atoms. The Bertz CT molecular complexity index is 435. The van der Waals surface area contributed by atoms with Crippen LogP contribution in [0.4, 0.5) is 0 Å². The van der Waals surface area contributed by atoms with E-state index in [0.717, 1.165) is 18.0 Å². The van der Waals surface area contributed by atoms with Crippen molar-refractivity contribution >= 4 is 29.9 Å². The first-order valence-electron chi connectivity index (χ1n) is 6.90. The van der Waals surface area contributed by atoms with Crippen LogP contribution in [0.5, 0.6) is 5.88 Å². The minimum Gasteiger partial charge on any atom is -0.478 e. The molecule has 1 aliphatic rings.